The average Bonchev–Trinajstić information content (AvgIpc) is 3.03. The molecule has 0 N–H and O–H groups in total. The third-order valence-corrected chi connectivity index (χ3v) is 4.88. The number of nitrogens with zero attached hydrogens (tertiary/aromatic N) is 3. The van der Waals surface area contributed by atoms with E-state index in [0.717, 1.165) is 17.0 Å². The summed E-state index contributed by atoms with van der Waals surface area (Å²) < 4.78 is 7.21. The highest BCUT2D eigenvalue weighted by Crippen LogP contribution is 2.26. The van der Waals surface area contributed by atoms with Crippen molar-refractivity contribution in [1.29, 1.82) is 0 Å². The first-order chi connectivity index (χ1) is 13.0. The van der Waals surface area contributed by atoms with E-state index in [1.807, 2.05) is 73.0 Å². The molecule has 0 radical (unpaired) electrons. The normalized spacial score (nSPS) is 11.0. The molecule has 0 aliphatic carbocycles. The molecule has 0 fully saturated rings. The zero-order valence-corrected chi connectivity index (χ0v) is 16.7. The molecule has 0 spiro atoms. The predicted molar refractivity (Wildman–Crippen MR) is 108 cm³/mol. The van der Waals surface area contributed by atoms with Gasteiger partial charge in [-0.15, -0.1) is 10.2 Å². The van der Waals surface area contributed by atoms with Crippen LogP contribution in [0.1, 0.15) is 19.4 Å². The molecule has 140 valence electrons. The Morgan fingerprint density at radius 1 is 1.11 bits per heavy atom. The highest BCUT2D eigenvalue weighted by atomic mass is 35.5. The summed E-state index contributed by atoms with van der Waals surface area (Å²) in [6.45, 7) is 4.27. The van der Waals surface area contributed by atoms with Crippen molar-refractivity contribution in [2.45, 2.75) is 31.7 Å². The van der Waals surface area contributed by atoms with Crippen LogP contribution >= 0.6 is 23.4 Å². The topological polar surface area (TPSA) is 57.0 Å². The van der Waals surface area contributed by atoms with Gasteiger partial charge in [0.1, 0.15) is 0 Å². The van der Waals surface area contributed by atoms with Gasteiger partial charge in [-0.1, -0.05) is 53.7 Å². The Morgan fingerprint density at radius 3 is 2.48 bits per heavy atom. The number of esters is 1. The maximum atomic E-state index is 11.9. The molecular weight excluding hydrogens is 382 g/mol. The van der Waals surface area contributed by atoms with E-state index in [4.69, 9.17) is 16.3 Å². The Labute approximate surface area is 167 Å². The summed E-state index contributed by atoms with van der Waals surface area (Å²) >= 11 is 7.33. The third-order valence-electron chi connectivity index (χ3n) is 3.69. The van der Waals surface area contributed by atoms with Crippen molar-refractivity contribution in [2.24, 2.45) is 0 Å². The first kappa shape index (κ1) is 19.5. The fourth-order valence-corrected chi connectivity index (χ4v) is 3.38. The van der Waals surface area contributed by atoms with E-state index in [9.17, 15) is 4.79 Å². The molecular formula is C20H20ClN3O2S. The Balaban J connectivity index is 1.88. The lowest BCUT2D eigenvalue weighted by atomic mass is 10.2. The van der Waals surface area contributed by atoms with Crippen molar-refractivity contribution in [1.82, 2.24) is 14.8 Å². The van der Waals surface area contributed by atoms with Gasteiger partial charge in [0.2, 0.25) is 0 Å². The second-order valence-corrected chi connectivity index (χ2v) is 7.59. The predicted octanol–water partition coefficient (Wildman–Crippen LogP) is 4.69. The van der Waals surface area contributed by atoms with Gasteiger partial charge in [0.15, 0.2) is 11.0 Å². The van der Waals surface area contributed by atoms with Crippen LogP contribution in [-0.2, 0) is 16.1 Å². The van der Waals surface area contributed by atoms with Gasteiger partial charge in [0.25, 0.3) is 0 Å². The molecule has 1 heterocycles. The van der Waals surface area contributed by atoms with E-state index in [0.29, 0.717) is 16.7 Å². The van der Waals surface area contributed by atoms with Gasteiger partial charge < -0.3 is 4.74 Å². The van der Waals surface area contributed by atoms with Crippen LogP contribution in [0.3, 0.4) is 0 Å². The first-order valence-electron chi connectivity index (χ1n) is 8.58. The number of benzene rings is 2. The van der Waals surface area contributed by atoms with E-state index < -0.39 is 0 Å². The largest absolute Gasteiger partial charge is 0.462 e. The molecule has 0 unspecified atom stereocenters. The van der Waals surface area contributed by atoms with Gasteiger partial charge in [-0.05, 0) is 43.7 Å². The number of hydrogen-bond donors (Lipinski definition) is 0. The molecule has 5 nitrogen and oxygen atoms in total. The Bertz CT molecular complexity index is 895. The highest BCUT2D eigenvalue weighted by molar-refractivity contribution is 7.99. The molecule has 0 saturated heterocycles. The highest BCUT2D eigenvalue weighted by Gasteiger charge is 2.17. The molecule has 0 atom stereocenters. The summed E-state index contributed by atoms with van der Waals surface area (Å²) in [4.78, 5) is 11.9. The van der Waals surface area contributed by atoms with Gasteiger partial charge in [-0.2, -0.15) is 0 Å². The quantitative estimate of drug-likeness (QED) is 0.424. The van der Waals surface area contributed by atoms with Gasteiger partial charge in [0, 0.05) is 10.6 Å². The molecule has 27 heavy (non-hydrogen) atoms. The molecule has 3 rings (SSSR count). The van der Waals surface area contributed by atoms with Crippen LogP contribution in [-0.4, -0.2) is 32.6 Å². The van der Waals surface area contributed by atoms with Crippen molar-refractivity contribution in [3.05, 3.63) is 65.2 Å². The van der Waals surface area contributed by atoms with E-state index in [1.54, 1.807) is 0 Å². The standard InChI is InChI=1S/C20H20ClN3O2S/c1-14(2)26-18(25)13-27-20-23-22-19(16-8-10-17(21)11-9-16)24(20)12-15-6-4-3-5-7-15/h3-11,14H,12-13H2,1-2H3. The molecule has 1 aromatic heterocycles. The lowest BCUT2D eigenvalue weighted by Gasteiger charge is -2.11. The third kappa shape index (κ3) is 5.34. The summed E-state index contributed by atoms with van der Waals surface area (Å²) in [5.41, 5.74) is 2.04. The number of aromatic nitrogens is 3. The van der Waals surface area contributed by atoms with Crippen LogP contribution in [0.25, 0.3) is 11.4 Å². The van der Waals surface area contributed by atoms with Crippen molar-refractivity contribution in [2.75, 3.05) is 5.75 Å². The maximum absolute atomic E-state index is 11.9. The number of halogens is 1. The summed E-state index contributed by atoms with van der Waals surface area (Å²) in [7, 11) is 0. The molecule has 2 aromatic carbocycles. The number of hydrogen-bond acceptors (Lipinski definition) is 5. The van der Waals surface area contributed by atoms with E-state index in [2.05, 4.69) is 10.2 Å². The summed E-state index contributed by atoms with van der Waals surface area (Å²) in [6.07, 6.45) is -0.134. The maximum Gasteiger partial charge on any atom is 0.316 e. The van der Waals surface area contributed by atoms with E-state index >= 15 is 0 Å². The van der Waals surface area contributed by atoms with Crippen LogP contribution in [0, 0.1) is 0 Å². The molecule has 0 amide bonds. The van der Waals surface area contributed by atoms with Crippen molar-refractivity contribution in [3.63, 3.8) is 0 Å². The van der Waals surface area contributed by atoms with Gasteiger partial charge >= 0.3 is 5.97 Å². The lowest BCUT2D eigenvalue weighted by molar-refractivity contribution is -0.144. The van der Waals surface area contributed by atoms with Crippen molar-refractivity contribution < 1.29 is 9.53 Å². The molecule has 7 heteroatoms. The van der Waals surface area contributed by atoms with E-state index in [1.165, 1.54) is 11.8 Å². The van der Waals surface area contributed by atoms with Gasteiger partial charge in [-0.25, -0.2) is 0 Å². The lowest BCUT2D eigenvalue weighted by Crippen LogP contribution is -2.14. The first-order valence-corrected chi connectivity index (χ1v) is 9.94. The minimum absolute atomic E-state index is 0.134. The van der Waals surface area contributed by atoms with Crippen LogP contribution in [0.15, 0.2) is 59.8 Å². The van der Waals surface area contributed by atoms with E-state index in [-0.39, 0.29) is 17.8 Å². The number of rotatable bonds is 7. The molecule has 3 aromatic rings. The second kappa shape index (κ2) is 9.06. The Morgan fingerprint density at radius 2 is 1.81 bits per heavy atom. The SMILES string of the molecule is CC(C)OC(=O)CSc1nnc(-c2ccc(Cl)cc2)n1Cc1ccccc1. The second-order valence-electron chi connectivity index (χ2n) is 6.21. The Hall–Kier alpha value is -2.31. The van der Waals surface area contributed by atoms with Crippen LogP contribution in [0.4, 0.5) is 0 Å². The Kier molecular flexibility index (Phi) is 6.53. The summed E-state index contributed by atoms with van der Waals surface area (Å²) in [6, 6.07) is 17.5. The van der Waals surface area contributed by atoms with Crippen molar-refractivity contribution >= 4 is 29.3 Å². The summed E-state index contributed by atoms with van der Waals surface area (Å²) in [5.74, 6) is 0.652. The van der Waals surface area contributed by atoms with Crippen LogP contribution in [0.2, 0.25) is 5.02 Å². The minimum Gasteiger partial charge on any atom is -0.462 e. The van der Waals surface area contributed by atoms with Crippen LogP contribution < -0.4 is 0 Å². The molecule has 0 saturated carbocycles. The van der Waals surface area contributed by atoms with Gasteiger partial charge in [0.05, 0.1) is 18.4 Å². The van der Waals surface area contributed by atoms with Gasteiger partial charge in [-0.3, -0.25) is 9.36 Å². The zero-order chi connectivity index (χ0) is 19.2. The monoisotopic (exact) mass is 401 g/mol. The number of carbonyl (C=O) groups is 1. The number of ether oxygens (including phenoxy) is 1. The zero-order valence-electron chi connectivity index (χ0n) is 15.1. The average molecular weight is 402 g/mol. The van der Waals surface area contributed by atoms with Crippen LogP contribution in [0.5, 0.6) is 0 Å². The minimum atomic E-state index is -0.266. The number of carbonyl (C=O) groups excluding carboxylic acids is 1. The fraction of sp³-hybridized carbons (Fsp3) is 0.250. The summed E-state index contributed by atoms with van der Waals surface area (Å²) in [5, 5.41) is 9.98. The molecule has 0 aliphatic heterocycles. The number of thioether (sulfide) groups is 1. The van der Waals surface area contributed by atoms with Crippen molar-refractivity contribution in [3.8, 4) is 11.4 Å². The molecule has 0 bridgehead atoms. The fourth-order valence-electron chi connectivity index (χ4n) is 2.54. The smallest absolute Gasteiger partial charge is 0.316 e. The molecule has 0 aliphatic rings.